The summed E-state index contributed by atoms with van der Waals surface area (Å²) in [5.41, 5.74) is 2.73. The Hall–Kier alpha value is -2.75. The van der Waals surface area contributed by atoms with Crippen LogP contribution in [0.2, 0.25) is 0 Å². The molecule has 0 fully saturated rings. The number of benzene rings is 1. The van der Waals surface area contributed by atoms with Crippen LogP contribution in [0.4, 0.5) is 5.69 Å². The number of carbonyl (C=O) groups is 1. The molecule has 0 aliphatic heterocycles. The molecule has 0 spiro atoms. The van der Waals surface area contributed by atoms with Gasteiger partial charge >= 0.3 is 0 Å². The summed E-state index contributed by atoms with van der Waals surface area (Å²) in [5.74, 6) is -0.509. The van der Waals surface area contributed by atoms with Gasteiger partial charge in [0.15, 0.2) is 0 Å². The van der Waals surface area contributed by atoms with Crippen LogP contribution in [0, 0.1) is 21.4 Å². The van der Waals surface area contributed by atoms with Gasteiger partial charge in [-0.05, 0) is 17.7 Å². The molecule has 0 radical (unpaired) electrons. The first-order chi connectivity index (χ1) is 8.13. The molecule has 7 heteroatoms. The molecule has 0 aliphatic carbocycles. The van der Waals surface area contributed by atoms with Gasteiger partial charge in [0, 0.05) is 12.1 Å². The number of non-ortho nitro benzene ring substituents is 1. The molecule has 0 atom stereocenters. The van der Waals surface area contributed by atoms with Gasteiger partial charge in [0.25, 0.3) is 11.6 Å². The Morgan fingerprint density at radius 1 is 1.53 bits per heavy atom. The molecule has 0 unspecified atom stereocenters. The van der Waals surface area contributed by atoms with Crippen LogP contribution in [0.15, 0.2) is 29.4 Å². The van der Waals surface area contributed by atoms with Crippen molar-refractivity contribution < 1.29 is 9.72 Å². The van der Waals surface area contributed by atoms with E-state index in [-0.39, 0.29) is 12.1 Å². The highest BCUT2D eigenvalue weighted by Gasteiger charge is 2.02. The number of hydrazone groups is 1. The van der Waals surface area contributed by atoms with Gasteiger partial charge in [-0.3, -0.25) is 14.9 Å². The number of rotatable bonds is 4. The fourth-order valence-corrected chi connectivity index (χ4v) is 0.972. The molecule has 0 aromatic heterocycles. The van der Waals surface area contributed by atoms with Crippen molar-refractivity contribution in [1.82, 2.24) is 5.43 Å². The zero-order valence-electron chi connectivity index (χ0n) is 8.66. The third-order valence-electron chi connectivity index (χ3n) is 1.75. The highest BCUT2D eigenvalue weighted by Crippen LogP contribution is 2.10. The van der Waals surface area contributed by atoms with Gasteiger partial charge < -0.3 is 0 Å². The Kier molecular flexibility index (Phi) is 4.33. The van der Waals surface area contributed by atoms with Gasteiger partial charge in [-0.1, -0.05) is 0 Å². The molecule has 0 aliphatic rings. The first-order valence-corrected chi connectivity index (χ1v) is 4.57. The van der Waals surface area contributed by atoms with E-state index >= 15 is 0 Å². The lowest BCUT2D eigenvalue weighted by Gasteiger charge is -1.94. The number of nitriles is 1. The molecule has 17 heavy (non-hydrogen) atoms. The highest BCUT2D eigenvalue weighted by molar-refractivity contribution is 5.83. The summed E-state index contributed by atoms with van der Waals surface area (Å²) >= 11 is 0. The van der Waals surface area contributed by atoms with Gasteiger partial charge in [0.05, 0.1) is 17.2 Å². The predicted molar refractivity (Wildman–Crippen MR) is 59.1 cm³/mol. The van der Waals surface area contributed by atoms with Crippen LogP contribution in [0.25, 0.3) is 0 Å². The summed E-state index contributed by atoms with van der Waals surface area (Å²) < 4.78 is 0. The Labute approximate surface area is 96.5 Å². The molecule has 1 amide bonds. The van der Waals surface area contributed by atoms with Crippen molar-refractivity contribution in [3.8, 4) is 6.07 Å². The number of nitro groups is 1. The zero-order chi connectivity index (χ0) is 12.7. The van der Waals surface area contributed by atoms with Crippen molar-refractivity contribution in [2.24, 2.45) is 5.10 Å². The van der Waals surface area contributed by atoms with Gasteiger partial charge in [0.2, 0.25) is 0 Å². The number of nitrogens with zero attached hydrogens (tertiary/aromatic N) is 3. The van der Waals surface area contributed by atoms with Crippen molar-refractivity contribution in [2.45, 2.75) is 6.42 Å². The molecule has 0 bridgehead atoms. The van der Waals surface area contributed by atoms with Crippen molar-refractivity contribution in [3.05, 3.63) is 39.9 Å². The van der Waals surface area contributed by atoms with Gasteiger partial charge in [-0.15, -0.1) is 0 Å². The van der Waals surface area contributed by atoms with Crippen molar-refractivity contribution in [2.75, 3.05) is 0 Å². The number of hydrogen-bond donors (Lipinski definition) is 1. The fraction of sp³-hybridized carbons (Fsp3) is 0.100. The van der Waals surface area contributed by atoms with Gasteiger partial charge in [-0.2, -0.15) is 10.4 Å². The number of hydrogen-bond acceptors (Lipinski definition) is 5. The normalized spacial score (nSPS) is 9.82. The highest BCUT2D eigenvalue weighted by atomic mass is 16.6. The van der Waals surface area contributed by atoms with Gasteiger partial charge in [-0.25, -0.2) is 5.43 Å². The van der Waals surface area contributed by atoms with Crippen LogP contribution in [-0.2, 0) is 4.79 Å². The lowest BCUT2D eigenvalue weighted by Crippen LogP contribution is -2.16. The number of nitrogens with one attached hydrogen (secondary N) is 1. The molecule has 86 valence electrons. The standard InChI is InChI=1S/C10H8N4O3/c11-6-5-10(15)13-12-7-8-1-3-9(4-2-8)14(16)17/h1-4,7H,5H2,(H,13,15)/b12-7+. The summed E-state index contributed by atoms with van der Waals surface area (Å²) in [6.45, 7) is 0. The predicted octanol–water partition coefficient (Wildman–Crippen LogP) is 0.959. The molecule has 0 saturated heterocycles. The molecular formula is C10H8N4O3. The van der Waals surface area contributed by atoms with Crippen molar-refractivity contribution in [1.29, 1.82) is 5.26 Å². The van der Waals surface area contributed by atoms with Crippen molar-refractivity contribution in [3.63, 3.8) is 0 Å². The second-order valence-electron chi connectivity index (χ2n) is 2.98. The van der Waals surface area contributed by atoms with E-state index in [4.69, 9.17) is 5.26 Å². The molecular weight excluding hydrogens is 224 g/mol. The first-order valence-electron chi connectivity index (χ1n) is 4.57. The topological polar surface area (TPSA) is 108 Å². The van der Waals surface area contributed by atoms with E-state index in [2.05, 4.69) is 10.5 Å². The maximum absolute atomic E-state index is 10.8. The zero-order valence-corrected chi connectivity index (χ0v) is 8.66. The SMILES string of the molecule is N#CCC(=O)N/N=C/c1ccc([N+](=O)[O-])cc1. The van der Waals surface area contributed by atoms with Gasteiger partial charge in [0.1, 0.15) is 6.42 Å². The minimum atomic E-state index is -0.509. The third kappa shape index (κ3) is 4.09. The molecule has 7 nitrogen and oxygen atoms in total. The maximum atomic E-state index is 10.8. The molecule has 1 N–H and O–H groups in total. The van der Waals surface area contributed by atoms with Crippen LogP contribution >= 0.6 is 0 Å². The van der Waals surface area contributed by atoms with E-state index in [1.807, 2.05) is 0 Å². The number of amides is 1. The first kappa shape index (κ1) is 12.3. The van der Waals surface area contributed by atoms with Crippen LogP contribution in [0.5, 0.6) is 0 Å². The smallest absolute Gasteiger partial charge is 0.269 e. The molecule has 1 rings (SSSR count). The molecule has 0 heterocycles. The average Bonchev–Trinajstić information content (AvgIpc) is 2.30. The minimum Gasteiger partial charge on any atom is -0.272 e. The second kappa shape index (κ2) is 5.97. The summed E-state index contributed by atoms with van der Waals surface area (Å²) in [4.78, 5) is 20.7. The summed E-state index contributed by atoms with van der Waals surface area (Å²) in [6.07, 6.45) is 1.07. The average molecular weight is 232 g/mol. The number of nitro benzene ring substituents is 1. The summed E-state index contributed by atoms with van der Waals surface area (Å²) in [7, 11) is 0. The van der Waals surface area contributed by atoms with Crippen LogP contribution in [-0.4, -0.2) is 17.0 Å². The Balaban J connectivity index is 2.58. The summed E-state index contributed by atoms with van der Waals surface area (Å²) in [6, 6.07) is 7.33. The quantitative estimate of drug-likeness (QED) is 0.473. The van der Waals surface area contributed by atoms with E-state index in [1.54, 1.807) is 6.07 Å². The molecule has 1 aromatic rings. The number of carbonyl (C=O) groups excluding carboxylic acids is 1. The van der Waals surface area contributed by atoms with Crippen LogP contribution in [0.3, 0.4) is 0 Å². The van der Waals surface area contributed by atoms with E-state index in [9.17, 15) is 14.9 Å². The second-order valence-corrected chi connectivity index (χ2v) is 2.98. The van der Waals surface area contributed by atoms with E-state index in [0.29, 0.717) is 5.56 Å². The fourth-order valence-electron chi connectivity index (χ4n) is 0.972. The Bertz CT molecular complexity index is 487. The van der Waals surface area contributed by atoms with Crippen LogP contribution in [0.1, 0.15) is 12.0 Å². The lowest BCUT2D eigenvalue weighted by molar-refractivity contribution is -0.384. The van der Waals surface area contributed by atoms with Crippen LogP contribution < -0.4 is 5.43 Å². The lowest BCUT2D eigenvalue weighted by atomic mass is 10.2. The minimum absolute atomic E-state index is 0.0179. The maximum Gasteiger partial charge on any atom is 0.269 e. The Morgan fingerprint density at radius 2 is 2.18 bits per heavy atom. The summed E-state index contributed by atoms with van der Waals surface area (Å²) in [5, 5.41) is 22.2. The van der Waals surface area contributed by atoms with E-state index in [1.165, 1.54) is 30.5 Å². The monoisotopic (exact) mass is 232 g/mol. The van der Waals surface area contributed by atoms with E-state index in [0.717, 1.165) is 0 Å². The van der Waals surface area contributed by atoms with E-state index < -0.39 is 10.8 Å². The largest absolute Gasteiger partial charge is 0.272 e. The van der Waals surface area contributed by atoms with Crippen molar-refractivity contribution >= 4 is 17.8 Å². The molecule has 1 aromatic carbocycles. The molecule has 0 saturated carbocycles. The third-order valence-corrected chi connectivity index (χ3v) is 1.75. The Morgan fingerprint density at radius 3 is 2.71 bits per heavy atom.